The van der Waals surface area contributed by atoms with Crippen molar-refractivity contribution in [2.45, 2.75) is 44.8 Å². The summed E-state index contributed by atoms with van der Waals surface area (Å²) >= 11 is 0. The Balaban J connectivity index is 1.96. The Hall–Kier alpha value is -2.84. The number of methoxy groups -OCH3 is 1. The van der Waals surface area contributed by atoms with E-state index in [1.54, 1.807) is 0 Å². The molecule has 1 aliphatic rings. The number of nitrogens with one attached hydrogen (secondary N) is 2. The molecule has 1 aromatic carbocycles. The fourth-order valence-corrected chi connectivity index (χ4v) is 2.62. The minimum absolute atomic E-state index is 0.0514. The average molecular weight is 351 g/mol. The number of nitro benzene ring substituents is 1. The van der Waals surface area contributed by atoms with Crippen LogP contribution in [0.1, 0.15) is 32.6 Å². The molecule has 2 rings (SSSR count). The highest BCUT2D eigenvalue weighted by Gasteiger charge is 2.23. The van der Waals surface area contributed by atoms with Crippen LogP contribution in [-0.2, 0) is 4.79 Å². The predicted octanol–water partition coefficient (Wildman–Crippen LogP) is 2.14. The van der Waals surface area contributed by atoms with Crippen molar-refractivity contribution in [1.29, 1.82) is 0 Å². The Kier molecular flexibility index (Phi) is 6.15. The van der Waals surface area contributed by atoms with Crippen molar-refractivity contribution >= 4 is 17.6 Å². The smallest absolute Gasteiger partial charge is 0.321 e. The van der Waals surface area contributed by atoms with Crippen molar-refractivity contribution in [3.63, 3.8) is 0 Å². The molecule has 136 valence electrons. The van der Waals surface area contributed by atoms with Gasteiger partial charge < -0.3 is 14.8 Å². The lowest BCUT2D eigenvalue weighted by atomic mass is 10.2. The maximum absolute atomic E-state index is 12.1. The number of benzene rings is 1. The first kappa shape index (κ1) is 18.5. The van der Waals surface area contributed by atoms with E-state index >= 15 is 0 Å². The number of nitrogens with zero attached hydrogens (tertiary/aromatic N) is 1. The fraction of sp³-hybridized carbons (Fsp3) is 0.500. The van der Waals surface area contributed by atoms with Crippen LogP contribution in [0.5, 0.6) is 11.5 Å². The monoisotopic (exact) mass is 351 g/mol. The van der Waals surface area contributed by atoms with E-state index < -0.39 is 23.0 Å². The molecule has 1 aromatic rings. The quantitative estimate of drug-likeness (QED) is 0.598. The van der Waals surface area contributed by atoms with E-state index in [2.05, 4.69) is 10.6 Å². The van der Waals surface area contributed by atoms with Gasteiger partial charge in [0.15, 0.2) is 17.6 Å². The summed E-state index contributed by atoms with van der Waals surface area (Å²) in [5, 5.41) is 15.8. The molecule has 9 heteroatoms. The van der Waals surface area contributed by atoms with Crippen molar-refractivity contribution in [3.8, 4) is 11.5 Å². The topological polar surface area (TPSA) is 120 Å². The zero-order chi connectivity index (χ0) is 18.4. The van der Waals surface area contributed by atoms with Gasteiger partial charge in [-0.2, -0.15) is 0 Å². The standard InChI is InChI=1S/C16H21N3O6/c1-10(15(20)18-16(21)17-11-5-3-4-6-11)25-14-9-12(19(22)23)7-8-13(14)24-2/h7-11H,3-6H2,1-2H3,(H2,17,18,20,21)/t10-/m0/s1. The van der Waals surface area contributed by atoms with Gasteiger partial charge in [-0.3, -0.25) is 20.2 Å². The molecular formula is C16H21N3O6. The van der Waals surface area contributed by atoms with Crippen LogP contribution in [0.25, 0.3) is 0 Å². The Morgan fingerprint density at radius 1 is 1.28 bits per heavy atom. The van der Waals surface area contributed by atoms with Crippen LogP contribution >= 0.6 is 0 Å². The summed E-state index contributed by atoms with van der Waals surface area (Å²) in [6.45, 7) is 1.44. The average Bonchev–Trinajstić information content (AvgIpc) is 3.07. The summed E-state index contributed by atoms with van der Waals surface area (Å²) < 4.78 is 10.5. The molecule has 25 heavy (non-hydrogen) atoms. The second-order valence-electron chi connectivity index (χ2n) is 5.80. The van der Waals surface area contributed by atoms with Crippen LogP contribution in [0.2, 0.25) is 0 Å². The van der Waals surface area contributed by atoms with Crippen molar-refractivity contribution in [2.24, 2.45) is 0 Å². The van der Waals surface area contributed by atoms with Crippen LogP contribution in [0.3, 0.4) is 0 Å². The highest BCUT2D eigenvalue weighted by molar-refractivity contribution is 5.96. The molecular weight excluding hydrogens is 330 g/mol. The molecule has 0 aromatic heterocycles. The normalized spacial score (nSPS) is 15.3. The summed E-state index contributed by atoms with van der Waals surface area (Å²) in [4.78, 5) is 34.2. The van der Waals surface area contributed by atoms with Crippen LogP contribution in [0.15, 0.2) is 18.2 Å². The highest BCUT2D eigenvalue weighted by atomic mass is 16.6. The van der Waals surface area contributed by atoms with Gasteiger partial charge in [-0.25, -0.2) is 4.79 Å². The molecule has 1 fully saturated rings. The van der Waals surface area contributed by atoms with E-state index in [1.807, 2.05) is 0 Å². The number of hydrogen-bond donors (Lipinski definition) is 2. The molecule has 0 aliphatic heterocycles. The molecule has 0 bridgehead atoms. The fourth-order valence-electron chi connectivity index (χ4n) is 2.62. The van der Waals surface area contributed by atoms with Crippen molar-refractivity contribution < 1.29 is 24.0 Å². The van der Waals surface area contributed by atoms with Crippen molar-refractivity contribution in [2.75, 3.05) is 7.11 Å². The summed E-state index contributed by atoms with van der Waals surface area (Å²) in [6, 6.07) is 3.33. The number of carbonyl (C=O) groups is 2. The van der Waals surface area contributed by atoms with Gasteiger partial charge in [-0.1, -0.05) is 12.8 Å². The van der Waals surface area contributed by atoms with E-state index in [9.17, 15) is 19.7 Å². The molecule has 1 atom stereocenters. The Morgan fingerprint density at radius 3 is 2.56 bits per heavy atom. The minimum Gasteiger partial charge on any atom is -0.493 e. The van der Waals surface area contributed by atoms with Gasteiger partial charge in [0.05, 0.1) is 18.1 Å². The Morgan fingerprint density at radius 2 is 1.96 bits per heavy atom. The highest BCUT2D eigenvalue weighted by Crippen LogP contribution is 2.31. The predicted molar refractivity (Wildman–Crippen MR) is 88.7 cm³/mol. The largest absolute Gasteiger partial charge is 0.493 e. The van der Waals surface area contributed by atoms with Crippen LogP contribution < -0.4 is 20.1 Å². The third-order valence-electron chi connectivity index (χ3n) is 3.96. The summed E-state index contributed by atoms with van der Waals surface area (Å²) in [6.07, 6.45) is 2.89. The number of urea groups is 1. The molecule has 9 nitrogen and oxygen atoms in total. The SMILES string of the molecule is COc1ccc([N+](=O)[O-])cc1O[C@@H](C)C(=O)NC(=O)NC1CCCC1. The molecule has 0 spiro atoms. The molecule has 0 saturated heterocycles. The number of ether oxygens (including phenoxy) is 2. The number of amides is 3. The first-order chi connectivity index (χ1) is 11.9. The second-order valence-corrected chi connectivity index (χ2v) is 5.80. The van der Waals surface area contributed by atoms with Gasteiger partial charge in [-0.15, -0.1) is 0 Å². The molecule has 3 amide bonds. The molecule has 1 saturated carbocycles. The van der Waals surface area contributed by atoms with Gasteiger partial charge in [-0.05, 0) is 25.8 Å². The summed E-state index contributed by atoms with van der Waals surface area (Å²) in [5.41, 5.74) is -0.192. The summed E-state index contributed by atoms with van der Waals surface area (Å²) in [7, 11) is 1.38. The number of hydrogen-bond acceptors (Lipinski definition) is 6. The van der Waals surface area contributed by atoms with E-state index in [4.69, 9.17) is 9.47 Å². The molecule has 0 heterocycles. The first-order valence-corrected chi connectivity index (χ1v) is 8.01. The first-order valence-electron chi connectivity index (χ1n) is 8.01. The number of carbonyl (C=O) groups excluding carboxylic acids is 2. The van der Waals surface area contributed by atoms with Crippen molar-refractivity contribution in [3.05, 3.63) is 28.3 Å². The maximum atomic E-state index is 12.1. The van der Waals surface area contributed by atoms with Gasteiger partial charge in [0.1, 0.15) is 0 Å². The third-order valence-corrected chi connectivity index (χ3v) is 3.96. The van der Waals surface area contributed by atoms with Gasteiger partial charge in [0.2, 0.25) is 0 Å². The number of rotatable bonds is 6. The Bertz CT molecular complexity index is 657. The summed E-state index contributed by atoms with van der Waals surface area (Å²) in [5.74, 6) is -0.347. The second kappa shape index (κ2) is 8.32. The lowest BCUT2D eigenvalue weighted by Crippen LogP contribution is -2.47. The number of nitro groups is 1. The van der Waals surface area contributed by atoms with E-state index in [1.165, 1.54) is 32.2 Å². The molecule has 0 radical (unpaired) electrons. The number of non-ortho nitro benzene ring substituents is 1. The Labute approximate surface area is 144 Å². The number of imide groups is 1. The van der Waals surface area contributed by atoms with Gasteiger partial charge in [0, 0.05) is 12.1 Å². The van der Waals surface area contributed by atoms with Gasteiger partial charge >= 0.3 is 6.03 Å². The molecule has 0 unspecified atom stereocenters. The zero-order valence-electron chi connectivity index (χ0n) is 14.1. The maximum Gasteiger partial charge on any atom is 0.321 e. The van der Waals surface area contributed by atoms with Crippen LogP contribution in [-0.4, -0.2) is 36.1 Å². The molecule has 1 aliphatic carbocycles. The third kappa shape index (κ3) is 5.07. The molecule has 2 N–H and O–H groups in total. The van der Waals surface area contributed by atoms with Gasteiger partial charge in [0.25, 0.3) is 11.6 Å². The van der Waals surface area contributed by atoms with E-state index in [0.29, 0.717) is 0 Å². The lowest BCUT2D eigenvalue weighted by Gasteiger charge is -2.17. The minimum atomic E-state index is -1.04. The van der Waals surface area contributed by atoms with E-state index in [-0.39, 0.29) is 23.2 Å². The van der Waals surface area contributed by atoms with E-state index in [0.717, 1.165) is 25.7 Å². The lowest BCUT2D eigenvalue weighted by molar-refractivity contribution is -0.385. The van der Waals surface area contributed by atoms with Crippen LogP contribution in [0.4, 0.5) is 10.5 Å². The van der Waals surface area contributed by atoms with Crippen LogP contribution in [0, 0.1) is 10.1 Å². The van der Waals surface area contributed by atoms with Crippen molar-refractivity contribution in [1.82, 2.24) is 10.6 Å². The zero-order valence-corrected chi connectivity index (χ0v) is 14.1.